The van der Waals surface area contributed by atoms with E-state index in [4.69, 9.17) is 16.1 Å². The lowest BCUT2D eigenvalue weighted by molar-refractivity contribution is -0.138. The van der Waals surface area contributed by atoms with E-state index >= 15 is 0 Å². The van der Waals surface area contributed by atoms with E-state index in [0.717, 1.165) is 6.07 Å². The summed E-state index contributed by atoms with van der Waals surface area (Å²) in [6.07, 6.45) is -4.71. The lowest BCUT2D eigenvalue weighted by Crippen LogP contribution is -2.12. The van der Waals surface area contributed by atoms with E-state index in [9.17, 15) is 13.2 Å². The molecule has 0 unspecified atom stereocenters. The van der Waals surface area contributed by atoms with Crippen LogP contribution in [0.4, 0.5) is 13.2 Å². The average Bonchev–Trinajstić information content (AvgIpc) is 2.17. The average molecular weight is 237 g/mol. The molecule has 90 valence electrons. The van der Waals surface area contributed by atoms with Gasteiger partial charge in [-0.1, -0.05) is 0 Å². The quantitative estimate of drug-likeness (QED) is 0.550. The van der Waals surface area contributed by atoms with Crippen LogP contribution < -0.4 is 5.90 Å². The van der Waals surface area contributed by atoms with Gasteiger partial charge in [-0.05, 0) is 24.1 Å². The first-order valence-electron chi connectivity index (χ1n) is 4.30. The van der Waals surface area contributed by atoms with Crippen LogP contribution in [0.25, 0.3) is 0 Å². The molecule has 0 amide bonds. The van der Waals surface area contributed by atoms with Gasteiger partial charge in [0, 0.05) is 0 Å². The molecule has 7 heteroatoms. The van der Waals surface area contributed by atoms with E-state index in [0.29, 0.717) is 6.07 Å². The Morgan fingerprint density at radius 1 is 1.19 bits per heavy atom. The number of hydrogen-bond donors (Lipinski definition) is 3. The molecule has 4 N–H and O–H groups in total. The topological polar surface area (TPSA) is 75.7 Å². The number of hydrogen-bond acceptors (Lipinski definition) is 4. The van der Waals surface area contributed by atoms with Gasteiger partial charge in [0.2, 0.25) is 0 Å². The summed E-state index contributed by atoms with van der Waals surface area (Å²) in [4.78, 5) is 4.17. The number of nitrogens with two attached hydrogens (primary N) is 1. The minimum atomic E-state index is -4.60. The van der Waals surface area contributed by atoms with E-state index in [2.05, 4.69) is 4.84 Å². The van der Waals surface area contributed by atoms with Gasteiger partial charge in [-0.25, -0.2) is 5.90 Å². The van der Waals surface area contributed by atoms with Crippen LogP contribution in [0.15, 0.2) is 12.1 Å². The van der Waals surface area contributed by atoms with Crippen molar-refractivity contribution in [3.8, 4) is 11.5 Å². The van der Waals surface area contributed by atoms with Crippen molar-refractivity contribution in [3.63, 3.8) is 0 Å². The van der Waals surface area contributed by atoms with Gasteiger partial charge in [0.25, 0.3) is 0 Å². The molecule has 0 heterocycles. The second kappa shape index (κ2) is 4.58. The molecule has 0 saturated carbocycles. The lowest BCUT2D eigenvalue weighted by atomic mass is 10.0. The van der Waals surface area contributed by atoms with Crippen LogP contribution in [-0.4, -0.2) is 16.8 Å². The van der Waals surface area contributed by atoms with Crippen LogP contribution in [0.3, 0.4) is 0 Å². The summed E-state index contributed by atoms with van der Waals surface area (Å²) < 4.78 is 37.6. The molecule has 0 aromatic heterocycles. The van der Waals surface area contributed by atoms with Gasteiger partial charge in [0.1, 0.15) is 0 Å². The summed E-state index contributed by atoms with van der Waals surface area (Å²) in [5.41, 5.74) is -1.20. The largest absolute Gasteiger partial charge is 0.504 e. The van der Waals surface area contributed by atoms with Crippen molar-refractivity contribution < 1.29 is 28.2 Å². The van der Waals surface area contributed by atoms with E-state index in [-0.39, 0.29) is 18.6 Å². The number of aromatic hydroxyl groups is 2. The minimum Gasteiger partial charge on any atom is -0.504 e. The summed E-state index contributed by atoms with van der Waals surface area (Å²) in [5.74, 6) is 3.28. The first-order chi connectivity index (χ1) is 7.36. The highest BCUT2D eigenvalue weighted by molar-refractivity contribution is 5.46. The fraction of sp³-hybridized carbons (Fsp3) is 0.333. The predicted octanol–water partition coefficient (Wildman–Crippen LogP) is 1.55. The Morgan fingerprint density at radius 3 is 2.25 bits per heavy atom. The van der Waals surface area contributed by atoms with Gasteiger partial charge in [-0.2, -0.15) is 13.2 Å². The highest BCUT2D eigenvalue weighted by atomic mass is 19.4. The van der Waals surface area contributed by atoms with Crippen LogP contribution >= 0.6 is 0 Å². The number of benzene rings is 1. The van der Waals surface area contributed by atoms with Gasteiger partial charge in [0.05, 0.1) is 12.2 Å². The Labute approximate surface area is 89.0 Å². The number of phenolic OH excluding ortho intramolecular Hbond substituents is 2. The third-order valence-electron chi connectivity index (χ3n) is 2.00. The molecular formula is C9H10F3NO3. The van der Waals surface area contributed by atoms with Gasteiger partial charge < -0.3 is 15.1 Å². The summed E-state index contributed by atoms with van der Waals surface area (Å²) >= 11 is 0. The first-order valence-corrected chi connectivity index (χ1v) is 4.30. The molecular weight excluding hydrogens is 227 g/mol. The molecule has 0 fully saturated rings. The zero-order valence-corrected chi connectivity index (χ0v) is 8.08. The highest BCUT2D eigenvalue weighted by Gasteiger charge is 2.34. The predicted molar refractivity (Wildman–Crippen MR) is 48.6 cm³/mol. The minimum absolute atomic E-state index is 0.112. The van der Waals surface area contributed by atoms with Gasteiger partial charge in [-0.15, -0.1) is 0 Å². The molecule has 0 radical (unpaired) electrons. The van der Waals surface area contributed by atoms with Crippen LogP contribution in [0, 0.1) is 0 Å². The van der Waals surface area contributed by atoms with Crippen molar-refractivity contribution in [2.45, 2.75) is 12.6 Å². The maximum Gasteiger partial charge on any atom is 0.416 e. The molecule has 4 nitrogen and oxygen atoms in total. The lowest BCUT2D eigenvalue weighted by Gasteiger charge is -2.13. The molecule has 1 aromatic carbocycles. The molecule has 0 aliphatic heterocycles. The zero-order chi connectivity index (χ0) is 12.3. The normalized spacial score (nSPS) is 11.8. The Bertz CT molecular complexity index is 379. The molecule has 1 aromatic rings. The molecule has 1 rings (SSSR count). The van der Waals surface area contributed by atoms with Crippen molar-refractivity contribution >= 4 is 0 Å². The SMILES string of the molecule is NOCCc1cc(O)c(O)cc1C(F)(F)F. The van der Waals surface area contributed by atoms with Gasteiger partial charge in [0.15, 0.2) is 11.5 Å². The number of rotatable bonds is 3. The van der Waals surface area contributed by atoms with Crippen LogP contribution in [0.2, 0.25) is 0 Å². The Hall–Kier alpha value is -1.47. The zero-order valence-electron chi connectivity index (χ0n) is 8.08. The molecule has 0 aliphatic carbocycles. The van der Waals surface area contributed by atoms with E-state index < -0.39 is 23.2 Å². The number of halogens is 3. The number of phenols is 2. The third kappa shape index (κ3) is 2.77. The second-order valence-corrected chi connectivity index (χ2v) is 3.12. The van der Waals surface area contributed by atoms with Crippen molar-refractivity contribution in [1.29, 1.82) is 0 Å². The summed E-state index contributed by atoms with van der Waals surface area (Å²) in [5, 5.41) is 18.1. The second-order valence-electron chi connectivity index (χ2n) is 3.12. The van der Waals surface area contributed by atoms with Crippen LogP contribution in [-0.2, 0) is 17.4 Å². The Morgan fingerprint density at radius 2 is 1.75 bits per heavy atom. The molecule has 0 spiro atoms. The standard InChI is InChI=1S/C9H10F3NO3/c10-9(11,12)6-4-8(15)7(14)3-5(6)1-2-16-13/h3-4,14-15H,1-2,13H2. The maximum absolute atomic E-state index is 12.5. The van der Waals surface area contributed by atoms with Crippen molar-refractivity contribution in [2.24, 2.45) is 5.90 Å². The smallest absolute Gasteiger partial charge is 0.416 e. The first kappa shape index (κ1) is 12.6. The van der Waals surface area contributed by atoms with Crippen molar-refractivity contribution in [1.82, 2.24) is 0 Å². The van der Waals surface area contributed by atoms with Crippen molar-refractivity contribution in [2.75, 3.05) is 6.61 Å². The summed E-state index contributed by atoms with van der Waals surface area (Å²) in [7, 11) is 0. The molecule has 0 saturated heterocycles. The molecule has 16 heavy (non-hydrogen) atoms. The Kier molecular flexibility index (Phi) is 3.61. The van der Waals surface area contributed by atoms with Gasteiger partial charge in [-0.3, -0.25) is 0 Å². The highest BCUT2D eigenvalue weighted by Crippen LogP contribution is 2.38. The summed E-state index contributed by atoms with van der Waals surface area (Å²) in [6.45, 7) is -0.118. The number of alkyl halides is 3. The summed E-state index contributed by atoms with van der Waals surface area (Å²) in [6, 6.07) is 1.32. The molecule has 0 aliphatic rings. The molecule has 0 bridgehead atoms. The van der Waals surface area contributed by atoms with E-state index in [1.54, 1.807) is 0 Å². The monoisotopic (exact) mass is 237 g/mol. The fourth-order valence-electron chi connectivity index (χ4n) is 1.26. The van der Waals surface area contributed by atoms with Gasteiger partial charge >= 0.3 is 6.18 Å². The fourth-order valence-corrected chi connectivity index (χ4v) is 1.26. The van der Waals surface area contributed by atoms with Crippen molar-refractivity contribution in [3.05, 3.63) is 23.3 Å². The molecule has 0 atom stereocenters. The van der Waals surface area contributed by atoms with E-state index in [1.165, 1.54) is 0 Å². The Balaban J connectivity index is 3.17. The third-order valence-corrected chi connectivity index (χ3v) is 2.00. The van der Waals surface area contributed by atoms with Crippen LogP contribution in [0.1, 0.15) is 11.1 Å². The van der Waals surface area contributed by atoms with Crippen LogP contribution in [0.5, 0.6) is 11.5 Å². The van der Waals surface area contributed by atoms with E-state index in [1.807, 2.05) is 0 Å². The maximum atomic E-state index is 12.5.